The van der Waals surface area contributed by atoms with Gasteiger partial charge in [0.25, 0.3) is 5.69 Å². The zero-order valence-corrected chi connectivity index (χ0v) is 20.1. The van der Waals surface area contributed by atoms with Gasteiger partial charge < -0.3 is 14.4 Å². The number of rotatable bonds is 8. The molecule has 33 heavy (non-hydrogen) atoms. The van der Waals surface area contributed by atoms with Gasteiger partial charge in [0.2, 0.25) is 0 Å². The second-order valence-electron chi connectivity index (χ2n) is 8.57. The molecule has 174 valence electrons. The standard InChI is InChI=1S/C24H27ClN4O4/c1-15-14-24(3,4)28(10-6-7-16(2)30)22-13-23(33-5)21(12-18(15)22)27-26-20-9-8-17(29(31)32)11-19(20)25/h8-9,11-14H,6-7,10H2,1-5H3/b27-26+. The summed E-state index contributed by atoms with van der Waals surface area (Å²) in [4.78, 5) is 24.1. The monoisotopic (exact) mass is 470 g/mol. The van der Waals surface area contributed by atoms with Crippen molar-refractivity contribution in [3.63, 3.8) is 0 Å². The van der Waals surface area contributed by atoms with Crippen molar-refractivity contribution >= 4 is 45.7 Å². The molecule has 0 radical (unpaired) electrons. The molecule has 0 N–H and O–H groups in total. The fourth-order valence-electron chi connectivity index (χ4n) is 4.03. The number of anilines is 1. The second-order valence-corrected chi connectivity index (χ2v) is 8.98. The summed E-state index contributed by atoms with van der Waals surface area (Å²) in [5, 5.41) is 19.6. The Labute approximate surface area is 198 Å². The lowest BCUT2D eigenvalue weighted by molar-refractivity contribution is -0.384. The molecule has 0 bridgehead atoms. The Morgan fingerprint density at radius 1 is 1.21 bits per heavy atom. The Morgan fingerprint density at radius 2 is 1.91 bits per heavy atom. The van der Waals surface area contributed by atoms with Crippen LogP contribution in [-0.4, -0.2) is 29.9 Å². The molecular weight excluding hydrogens is 444 g/mol. The van der Waals surface area contributed by atoms with E-state index in [2.05, 4.69) is 35.1 Å². The summed E-state index contributed by atoms with van der Waals surface area (Å²) in [7, 11) is 1.57. The van der Waals surface area contributed by atoms with E-state index in [4.69, 9.17) is 16.3 Å². The number of nitrogens with zero attached hydrogens (tertiary/aromatic N) is 4. The molecule has 2 aromatic rings. The number of carbonyl (C=O) groups excluding carboxylic acids is 1. The smallest absolute Gasteiger partial charge is 0.271 e. The average molecular weight is 471 g/mol. The number of carbonyl (C=O) groups is 1. The van der Waals surface area contributed by atoms with E-state index in [-0.39, 0.29) is 22.0 Å². The van der Waals surface area contributed by atoms with Crippen LogP contribution in [0.1, 0.15) is 46.1 Å². The van der Waals surface area contributed by atoms with E-state index in [1.165, 1.54) is 18.2 Å². The summed E-state index contributed by atoms with van der Waals surface area (Å²) >= 11 is 6.14. The number of allylic oxidation sites excluding steroid dienone is 1. The van der Waals surface area contributed by atoms with Gasteiger partial charge in [0, 0.05) is 42.4 Å². The van der Waals surface area contributed by atoms with Gasteiger partial charge in [0.1, 0.15) is 22.9 Å². The van der Waals surface area contributed by atoms with Crippen molar-refractivity contribution in [3.05, 3.63) is 57.1 Å². The molecule has 0 spiro atoms. The molecular formula is C24H27ClN4O4. The Hall–Kier alpha value is -3.26. The first kappa shape index (κ1) is 24.4. The number of fused-ring (bicyclic) bond motifs is 1. The van der Waals surface area contributed by atoms with Gasteiger partial charge in [-0.2, -0.15) is 0 Å². The normalized spacial score (nSPS) is 14.7. The summed E-state index contributed by atoms with van der Waals surface area (Å²) in [6.07, 6.45) is 3.49. The number of nitro benzene ring substituents is 1. The summed E-state index contributed by atoms with van der Waals surface area (Å²) in [6, 6.07) is 7.88. The first-order valence-corrected chi connectivity index (χ1v) is 11.0. The number of ketones is 1. The van der Waals surface area contributed by atoms with Gasteiger partial charge in [-0.1, -0.05) is 17.7 Å². The third-order valence-electron chi connectivity index (χ3n) is 5.60. The second kappa shape index (κ2) is 9.70. The maximum absolute atomic E-state index is 11.4. The number of hydrogen-bond donors (Lipinski definition) is 0. The van der Waals surface area contributed by atoms with Crippen molar-refractivity contribution in [3.8, 4) is 5.75 Å². The molecule has 3 rings (SSSR count). The molecule has 0 atom stereocenters. The quantitative estimate of drug-likeness (QED) is 0.234. The Bertz CT molecular complexity index is 1160. The SMILES string of the molecule is COc1cc2c(cc1/N=N/c1ccc([N+](=O)[O-])cc1Cl)C(C)=CC(C)(C)N2CCCC(C)=O. The highest BCUT2D eigenvalue weighted by Gasteiger charge is 2.32. The average Bonchev–Trinajstić information content (AvgIpc) is 2.74. The zero-order chi connectivity index (χ0) is 24.3. The van der Waals surface area contributed by atoms with Crippen LogP contribution in [0.5, 0.6) is 5.75 Å². The highest BCUT2D eigenvalue weighted by atomic mass is 35.5. The van der Waals surface area contributed by atoms with Crippen LogP contribution in [0.15, 0.2) is 46.6 Å². The number of nitro groups is 1. The minimum absolute atomic E-state index is 0.112. The van der Waals surface area contributed by atoms with Crippen molar-refractivity contribution in [1.29, 1.82) is 0 Å². The highest BCUT2D eigenvalue weighted by molar-refractivity contribution is 6.33. The zero-order valence-electron chi connectivity index (χ0n) is 19.4. The molecule has 0 saturated carbocycles. The lowest BCUT2D eigenvalue weighted by Gasteiger charge is -2.43. The van der Waals surface area contributed by atoms with Crippen LogP contribution in [0, 0.1) is 10.1 Å². The number of benzene rings is 2. The number of hydrogen-bond acceptors (Lipinski definition) is 7. The summed E-state index contributed by atoms with van der Waals surface area (Å²) in [5.41, 5.74) is 3.61. The van der Waals surface area contributed by atoms with Crippen molar-refractivity contribution in [1.82, 2.24) is 0 Å². The van der Waals surface area contributed by atoms with Gasteiger partial charge in [-0.15, -0.1) is 10.2 Å². The van der Waals surface area contributed by atoms with E-state index in [0.29, 0.717) is 23.5 Å². The first-order valence-electron chi connectivity index (χ1n) is 10.6. The lowest BCUT2D eigenvalue weighted by Crippen LogP contribution is -2.45. The predicted octanol–water partition coefficient (Wildman–Crippen LogP) is 7.04. The molecule has 2 aromatic carbocycles. The number of methoxy groups -OCH3 is 1. The summed E-state index contributed by atoms with van der Waals surface area (Å²) in [6.45, 7) is 8.67. The fourth-order valence-corrected chi connectivity index (χ4v) is 4.24. The van der Waals surface area contributed by atoms with Crippen LogP contribution >= 0.6 is 11.6 Å². The highest BCUT2D eigenvalue weighted by Crippen LogP contribution is 2.45. The molecule has 0 aromatic heterocycles. The molecule has 0 unspecified atom stereocenters. The molecule has 1 heterocycles. The molecule has 0 amide bonds. The third-order valence-corrected chi connectivity index (χ3v) is 5.90. The predicted molar refractivity (Wildman–Crippen MR) is 130 cm³/mol. The maximum Gasteiger partial charge on any atom is 0.271 e. The van der Waals surface area contributed by atoms with Crippen LogP contribution in [0.25, 0.3) is 5.57 Å². The van der Waals surface area contributed by atoms with Crippen LogP contribution in [-0.2, 0) is 4.79 Å². The minimum Gasteiger partial charge on any atom is -0.494 e. The molecule has 0 saturated heterocycles. The van der Waals surface area contributed by atoms with Crippen LogP contribution in [0.2, 0.25) is 5.02 Å². The minimum atomic E-state index is -0.516. The van der Waals surface area contributed by atoms with E-state index >= 15 is 0 Å². The van der Waals surface area contributed by atoms with Gasteiger partial charge >= 0.3 is 0 Å². The van der Waals surface area contributed by atoms with Gasteiger partial charge in [0.15, 0.2) is 0 Å². The van der Waals surface area contributed by atoms with E-state index in [1.807, 2.05) is 19.1 Å². The van der Waals surface area contributed by atoms with Gasteiger partial charge in [-0.05, 0) is 51.8 Å². The number of non-ortho nitro benzene ring substituents is 1. The van der Waals surface area contributed by atoms with Crippen LogP contribution in [0.4, 0.5) is 22.7 Å². The Morgan fingerprint density at radius 3 is 2.52 bits per heavy atom. The molecule has 0 fully saturated rings. The van der Waals surface area contributed by atoms with Crippen molar-refractivity contribution in [2.75, 3.05) is 18.6 Å². The summed E-state index contributed by atoms with van der Waals surface area (Å²) < 4.78 is 5.60. The number of azo groups is 1. The van der Waals surface area contributed by atoms with E-state index < -0.39 is 4.92 Å². The van der Waals surface area contributed by atoms with Gasteiger partial charge in [0.05, 0.1) is 22.6 Å². The Balaban J connectivity index is 2.00. The molecule has 1 aliphatic heterocycles. The van der Waals surface area contributed by atoms with Crippen LogP contribution in [0.3, 0.4) is 0 Å². The van der Waals surface area contributed by atoms with E-state index in [9.17, 15) is 14.9 Å². The van der Waals surface area contributed by atoms with Crippen molar-refractivity contribution < 1.29 is 14.5 Å². The molecule has 8 nitrogen and oxygen atoms in total. The van der Waals surface area contributed by atoms with Gasteiger partial charge in [-0.25, -0.2) is 0 Å². The fraction of sp³-hybridized carbons (Fsp3) is 0.375. The summed E-state index contributed by atoms with van der Waals surface area (Å²) in [5.74, 6) is 0.715. The molecule has 0 aliphatic carbocycles. The van der Waals surface area contributed by atoms with Crippen molar-refractivity contribution in [2.45, 2.75) is 46.1 Å². The number of halogens is 1. The first-order chi connectivity index (χ1) is 15.5. The van der Waals surface area contributed by atoms with Crippen molar-refractivity contribution in [2.24, 2.45) is 10.2 Å². The topological polar surface area (TPSA) is 97.4 Å². The van der Waals surface area contributed by atoms with Crippen LogP contribution < -0.4 is 9.64 Å². The Kier molecular flexibility index (Phi) is 7.17. The molecule has 1 aliphatic rings. The van der Waals surface area contributed by atoms with Gasteiger partial charge in [-0.3, -0.25) is 10.1 Å². The number of Topliss-reactive ketones (excluding diaryl/α,β-unsaturated/α-hetero) is 1. The van der Waals surface area contributed by atoms with E-state index in [0.717, 1.165) is 29.8 Å². The lowest BCUT2D eigenvalue weighted by atomic mass is 9.88. The van der Waals surface area contributed by atoms with E-state index in [1.54, 1.807) is 14.0 Å². The maximum atomic E-state index is 11.4. The largest absolute Gasteiger partial charge is 0.494 e. The molecule has 9 heteroatoms. The third kappa shape index (κ3) is 5.39. The number of ether oxygens (including phenoxy) is 1.